The predicted octanol–water partition coefficient (Wildman–Crippen LogP) is 1.56. The van der Waals surface area contributed by atoms with Gasteiger partial charge in [0.2, 0.25) is 5.91 Å². The summed E-state index contributed by atoms with van der Waals surface area (Å²) in [4.78, 5) is 15.9. The van der Waals surface area contributed by atoms with Crippen LogP contribution < -0.4 is 16.4 Å². The highest BCUT2D eigenvalue weighted by Crippen LogP contribution is 2.12. The van der Waals surface area contributed by atoms with E-state index in [0.717, 1.165) is 6.54 Å². The van der Waals surface area contributed by atoms with Gasteiger partial charge in [-0.05, 0) is 38.8 Å². The molecule has 116 valence electrons. The van der Waals surface area contributed by atoms with Crippen LogP contribution in [-0.2, 0) is 11.3 Å². The summed E-state index contributed by atoms with van der Waals surface area (Å²) in [5.74, 6) is 0.361. The van der Waals surface area contributed by atoms with Crippen LogP contribution in [0.2, 0.25) is 0 Å². The molecule has 0 unspecified atom stereocenters. The van der Waals surface area contributed by atoms with E-state index in [1.54, 1.807) is 0 Å². The molecule has 21 heavy (non-hydrogen) atoms. The van der Waals surface area contributed by atoms with E-state index in [2.05, 4.69) is 34.7 Å². The summed E-state index contributed by atoms with van der Waals surface area (Å²) in [5.41, 5.74) is 7.17. The maximum atomic E-state index is 11.3. The summed E-state index contributed by atoms with van der Waals surface area (Å²) in [6.07, 6.45) is 0. The maximum Gasteiger partial charge on any atom is 0.224 e. The molecule has 0 saturated carbocycles. The van der Waals surface area contributed by atoms with Gasteiger partial charge in [0.15, 0.2) is 5.96 Å². The first kappa shape index (κ1) is 17.0. The highest BCUT2D eigenvalue weighted by atomic mass is 16.1. The van der Waals surface area contributed by atoms with Crippen LogP contribution in [0.4, 0.5) is 0 Å². The molecule has 5 heteroatoms. The Kier molecular flexibility index (Phi) is 6.21. The van der Waals surface area contributed by atoms with E-state index in [1.807, 2.05) is 32.9 Å². The molecule has 0 aliphatic heterocycles. The van der Waals surface area contributed by atoms with Gasteiger partial charge in [0.1, 0.15) is 0 Å². The van der Waals surface area contributed by atoms with Crippen LogP contribution in [0.3, 0.4) is 0 Å². The number of amides is 1. The van der Waals surface area contributed by atoms with Crippen LogP contribution in [0.15, 0.2) is 29.3 Å². The molecule has 0 fully saturated rings. The minimum Gasteiger partial charge on any atom is -0.369 e. The first-order valence-corrected chi connectivity index (χ1v) is 7.23. The minimum absolute atomic E-state index is 0.329. The lowest BCUT2D eigenvalue weighted by molar-refractivity contribution is -0.125. The Morgan fingerprint density at radius 3 is 2.52 bits per heavy atom. The Morgan fingerprint density at radius 1 is 1.29 bits per heavy atom. The summed E-state index contributed by atoms with van der Waals surface area (Å²) in [6, 6.07) is 8.16. The highest BCUT2D eigenvalue weighted by molar-refractivity contribution is 5.83. The number of aryl methyl sites for hydroxylation is 1. The van der Waals surface area contributed by atoms with Crippen molar-refractivity contribution >= 4 is 11.9 Å². The zero-order valence-corrected chi connectivity index (χ0v) is 13.4. The molecule has 5 nitrogen and oxygen atoms in total. The van der Waals surface area contributed by atoms with E-state index in [4.69, 9.17) is 5.73 Å². The van der Waals surface area contributed by atoms with Gasteiger partial charge in [-0.25, -0.2) is 4.99 Å². The highest BCUT2D eigenvalue weighted by Gasteiger charge is 2.24. The number of primary amides is 1. The maximum absolute atomic E-state index is 11.3. The second kappa shape index (κ2) is 7.67. The largest absolute Gasteiger partial charge is 0.369 e. The van der Waals surface area contributed by atoms with Gasteiger partial charge in [-0.1, -0.05) is 24.3 Å². The Morgan fingerprint density at radius 2 is 1.95 bits per heavy atom. The topological polar surface area (TPSA) is 79.5 Å². The predicted molar refractivity (Wildman–Crippen MR) is 87.0 cm³/mol. The van der Waals surface area contributed by atoms with Gasteiger partial charge in [-0.3, -0.25) is 4.79 Å². The van der Waals surface area contributed by atoms with Crippen molar-refractivity contribution in [3.05, 3.63) is 35.4 Å². The van der Waals surface area contributed by atoms with Crippen molar-refractivity contribution in [1.29, 1.82) is 0 Å². The van der Waals surface area contributed by atoms with Gasteiger partial charge < -0.3 is 16.4 Å². The fourth-order valence-corrected chi connectivity index (χ4v) is 1.69. The van der Waals surface area contributed by atoms with Gasteiger partial charge in [0, 0.05) is 13.1 Å². The zero-order chi connectivity index (χ0) is 15.9. The van der Waals surface area contributed by atoms with Crippen LogP contribution in [0.1, 0.15) is 31.9 Å². The molecular formula is C16H26N4O. The van der Waals surface area contributed by atoms with E-state index < -0.39 is 5.41 Å². The molecule has 1 amide bonds. The summed E-state index contributed by atoms with van der Waals surface area (Å²) < 4.78 is 0. The molecular weight excluding hydrogens is 264 g/mol. The quantitative estimate of drug-likeness (QED) is 0.549. The number of carbonyl (C=O) groups excluding carboxylic acids is 1. The Bertz CT molecular complexity index is 509. The lowest BCUT2D eigenvalue weighted by atomic mass is 9.93. The van der Waals surface area contributed by atoms with Gasteiger partial charge >= 0.3 is 0 Å². The normalized spacial score (nSPS) is 12.1. The molecule has 0 aromatic heterocycles. The third-order valence-electron chi connectivity index (χ3n) is 3.38. The third-order valence-corrected chi connectivity index (χ3v) is 3.38. The van der Waals surface area contributed by atoms with Gasteiger partial charge in [-0.15, -0.1) is 0 Å². The molecule has 1 aromatic rings. The number of benzene rings is 1. The van der Waals surface area contributed by atoms with Crippen molar-refractivity contribution in [2.45, 2.75) is 34.2 Å². The van der Waals surface area contributed by atoms with Gasteiger partial charge in [0.05, 0.1) is 12.0 Å². The molecule has 0 bridgehead atoms. The standard InChI is InChI=1S/C16H26N4O/c1-5-18-15(20-11-16(3,4)14(17)21)19-10-13-9-7-6-8-12(13)2/h6-9H,5,10-11H2,1-4H3,(H2,17,21)(H2,18,19,20). The Labute approximate surface area is 127 Å². The number of guanidine groups is 1. The summed E-state index contributed by atoms with van der Waals surface area (Å²) >= 11 is 0. The van der Waals surface area contributed by atoms with Crippen molar-refractivity contribution in [2.75, 3.05) is 13.1 Å². The van der Waals surface area contributed by atoms with E-state index in [1.165, 1.54) is 11.1 Å². The molecule has 0 aliphatic carbocycles. The first-order chi connectivity index (χ1) is 9.86. The van der Waals surface area contributed by atoms with Crippen molar-refractivity contribution in [3.63, 3.8) is 0 Å². The Balaban J connectivity index is 2.71. The van der Waals surface area contributed by atoms with Crippen LogP contribution in [-0.4, -0.2) is 25.0 Å². The molecule has 4 N–H and O–H groups in total. The fraction of sp³-hybridized carbons (Fsp3) is 0.500. The number of carbonyl (C=O) groups is 1. The summed E-state index contributed by atoms with van der Waals surface area (Å²) in [6.45, 7) is 9.50. The average molecular weight is 290 g/mol. The van der Waals surface area contributed by atoms with Crippen molar-refractivity contribution < 1.29 is 4.79 Å². The fourth-order valence-electron chi connectivity index (χ4n) is 1.69. The molecule has 1 rings (SSSR count). The summed E-state index contributed by atoms with van der Waals surface area (Å²) in [7, 11) is 0. The molecule has 0 spiro atoms. The third kappa shape index (κ3) is 5.45. The van der Waals surface area contributed by atoms with Crippen LogP contribution in [0.5, 0.6) is 0 Å². The molecule has 0 saturated heterocycles. The van der Waals surface area contributed by atoms with Crippen molar-refractivity contribution in [2.24, 2.45) is 16.1 Å². The van der Waals surface area contributed by atoms with E-state index in [0.29, 0.717) is 19.0 Å². The monoisotopic (exact) mass is 290 g/mol. The number of aliphatic imine (C=N–C) groups is 1. The van der Waals surface area contributed by atoms with Gasteiger partial charge in [0.25, 0.3) is 0 Å². The number of hydrogen-bond acceptors (Lipinski definition) is 2. The smallest absolute Gasteiger partial charge is 0.224 e. The minimum atomic E-state index is -0.612. The second-order valence-corrected chi connectivity index (χ2v) is 5.72. The van der Waals surface area contributed by atoms with Gasteiger partial charge in [-0.2, -0.15) is 0 Å². The zero-order valence-electron chi connectivity index (χ0n) is 13.4. The number of nitrogens with one attached hydrogen (secondary N) is 2. The van der Waals surface area contributed by atoms with Crippen LogP contribution in [0.25, 0.3) is 0 Å². The molecule has 0 aliphatic rings. The van der Waals surface area contributed by atoms with Crippen LogP contribution >= 0.6 is 0 Å². The number of hydrogen-bond donors (Lipinski definition) is 3. The van der Waals surface area contributed by atoms with Crippen molar-refractivity contribution in [3.8, 4) is 0 Å². The lowest BCUT2D eigenvalue weighted by Gasteiger charge is -2.22. The van der Waals surface area contributed by atoms with E-state index in [-0.39, 0.29) is 5.91 Å². The first-order valence-electron chi connectivity index (χ1n) is 7.23. The summed E-state index contributed by atoms with van der Waals surface area (Å²) in [5, 5.41) is 6.34. The second-order valence-electron chi connectivity index (χ2n) is 5.72. The molecule has 0 atom stereocenters. The van der Waals surface area contributed by atoms with Crippen LogP contribution in [0, 0.1) is 12.3 Å². The van der Waals surface area contributed by atoms with Crippen molar-refractivity contribution in [1.82, 2.24) is 10.6 Å². The average Bonchev–Trinajstić information content (AvgIpc) is 2.43. The number of rotatable bonds is 6. The van der Waals surface area contributed by atoms with E-state index >= 15 is 0 Å². The number of nitrogens with two attached hydrogens (primary N) is 1. The lowest BCUT2D eigenvalue weighted by Crippen LogP contribution is -2.46. The SMILES string of the molecule is CCNC(=NCc1ccccc1C)NCC(C)(C)C(N)=O. The molecule has 0 radical (unpaired) electrons. The van der Waals surface area contributed by atoms with E-state index in [9.17, 15) is 4.79 Å². The Hall–Kier alpha value is -2.04. The molecule has 0 heterocycles. The number of nitrogens with zero attached hydrogens (tertiary/aromatic N) is 1. The molecule has 1 aromatic carbocycles.